The number of anilines is 1. The van der Waals surface area contributed by atoms with Crippen molar-refractivity contribution in [1.82, 2.24) is 30.2 Å². The van der Waals surface area contributed by atoms with Gasteiger partial charge in [0.2, 0.25) is 5.95 Å². The van der Waals surface area contributed by atoms with Crippen LogP contribution in [0.3, 0.4) is 0 Å². The van der Waals surface area contributed by atoms with Crippen molar-refractivity contribution in [3.05, 3.63) is 73.0 Å². The zero-order valence-electron chi connectivity index (χ0n) is 12.7. The van der Waals surface area contributed by atoms with Gasteiger partial charge in [0.05, 0.1) is 11.9 Å². The summed E-state index contributed by atoms with van der Waals surface area (Å²) in [4.78, 5) is 13.1. The highest BCUT2D eigenvalue weighted by atomic mass is 15.2. The number of rotatable bonds is 2. The molecule has 0 amide bonds. The van der Waals surface area contributed by atoms with Crippen LogP contribution in [0.15, 0.2) is 67.2 Å². The quantitative estimate of drug-likeness (QED) is 0.783. The summed E-state index contributed by atoms with van der Waals surface area (Å²) in [5, 5.41) is 6.47. The number of nitrogens with one attached hydrogen (secondary N) is 2. The Kier molecular flexibility index (Phi) is 3.43. The van der Waals surface area contributed by atoms with Crippen LogP contribution in [0.25, 0.3) is 22.7 Å². The van der Waals surface area contributed by atoms with Crippen molar-refractivity contribution in [3.8, 4) is 0 Å². The van der Waals surface area contributed by atoms with Crippen molar-refractivity contribution in [3.63, 3.8) is 0 Å². The molecule has 118 valence electrons. The molecule has 4 N–H and O–H groups in total. The van der Waals surface area contributed by atoms with Gasteiger partial charge in [-0.25, -0.2) is 9.97 Å². The zero-order valence-corrected chi connectivity index (χ0v) is 12.7. The molecular formula is C17H15N7. The van der Waals surface area contributed by atoms with Gasteiger partial charge in [-0.2, -0.15) is 4.98 Å². The lowest BCUT2D eigenvalue weighted by Crippen LogP contribution is -2.16. The predicted octanol–water partition coefficient (Wildman–Crippen LogP) is 1.89. The summed E-state index contributed by atoms with van der Waals surface area (Å²) in [6, 6.07) is 0. The fourth-order valence-corrected chi connectivity index (χ4v) is 2.48. The Balaban J connectivity index is 1.97. The third-order valence-electron chi connectivity index (χ3n) is 3.52. The zero-order chi connectivity index (χ0) is 16.4. The number of nitrogen functional groups attached to an aromatic ring is 1. The van der Waals surface area contributed by atoms with Crippen LogP contribution in [0.1, 0.15) is 5.82 Å². The SMILES string of the molecule is Nc1ncc2nc(C3=CC=CC=CN3)n(C3=CC=CC=CN3)c2n1. The van der Waals surface area contributed by atoms with Gasteiger partial charge in [0.1, 0.15) is 11.3 Å². The minimum Gasteiger partial charge on any atom is -0.368 e. The second-order valence-electron chi connectivity index (χ2n) is 5.12. The fraction of sp³-hybridized carbons (Fsp3) is 0. The third-order valence-corrected chi connectivity index (χ3v) is 3.52. The third kappa shape index (κ3) is 2.48. The molecular weight excluding hydrogens is 302 g/mol. The van der Waals surface area contributed by atoms with Crippen LogP contribution in [0, 0.1) is 0 Å². The Morgan fingerprint density at radius 2 is 1.67 bits per heavy atom. The Morgan fingerprint density at radius 3 is 2.54 bits per heavy atom. The minimum absolute atomic E-state index is 0.207. The fourth-order valence-electron chi connectivity index (χ4n) is 2.48. The van der Waals surface area contributed by atoms with E-state index in [1.807, 2.05) is 65.6 Å². The number of nitrogens with zero attached hydrogens (tertiary/aromatic N) is 4. The Bertz CT molecular complexity index is 970. The van der Waals surface area contributed by atoms with Gasteiger partial charge in [0.25, 0.3) is 0 Å². The number of aromatic nitrogens is 4. The average Bonchev–Trinajstić information content (AvgIpc) is 2.83. The second-order valence-corrected chi connectivity index (χ2v) is 5.12. The van der Waals surface area contributed by atoms with Crippen LogP contribution in [0.5, 0.6) is 0 Å². The van der Waals surface area contributed by atoms with E-state index in [9.17, 15) is 0 Å². The van der Waals surface area contributed by atoms with E-state index in [2.05, 4.69) is 25.6 Å². The lowest BCUT2D eigenvalue weighted by Gasteiger charge is -2.13. The first-order chi connectivity index (χ1) is 11.8. The number of hydrogen-bond donors (Lipinski definition) is 3. The molecule has 0 unspecified atom stereocenters. The molecule has 2 aromatic heterocycles. The van der Waals surface area contributed by atoms with Gasteiger partial charge >= 0.3 is 0 Å². The molecule has 0 aliphatic carbocycles. The molecule has 0 spiro atoms. The van der Waals surface area contributed by atoms with E-state index < -0.39 is 0 Å². The monoisotopic (exact) mass is 317 g/mol. The van der Waals surface area contributed by atoms with Gasteiger partial charge in [-0.15, -0.1) is 0 Å². The van der Waals surface area contributed by atoms with Crippen molar-refractivity contribution in [2.24, 2.45) is 0 Å². The summed E-state index contributed by atoms with van der Waals surface area (Å²) < 4.78 is 1.92. The second kappa shape index (κ2) is 5.88. The largest absolute Gasteiger partial charge is 0.368 e. The number of imidazole rings is 1. The summed E-state index contributed by atoms with van der Waals surface area (Å²) in [7, 11) is 0. The molecule has 2 aromatic rings. The first kappa shape index (κ1) is 14.0. The molecule has 0 saturated heterocycles. The maximum Gasteiger partial charge on any atom is 0.222 e. The van der Waals surface area contributed by atoms with Crippen LogP contribution in [0.2, 0.25) is 0 Å². The molecule has 0 aromatic carbocycles. The highest BCUT2D eigenvalue weighted by molar-refractivity contribution is 5.81. The van der Waals surface area contributed by atoms with Crippen molar-refractivity contribution in [1.29, 1.82) is 0 Å². The van der Waals surface area contributed by atoms with Crippen LogP contribution < -0.4 is 16.4 Å². The molecule has 0 atom stereocenters. The Labute approximate surface area is 138 Å². The molecule has 0 bridgehead atoms. The van der Waals surface area contributed by atoms with E-state index in [-0.39, 0.29) is 5.95 Å². The lowest BCUT2D eigenvalue weighted by atomic mass is 10.3. The topological polar surface area (TPSA) is 93.7 Å². The summed E-state index contributed by atoms with van der Waals surface area (Å²) in [6.45, 7) is 0. The smallest absolute Gasteiger partial charge is 0.222 e. The molecule has 2 aliphatic heterocycles. The van der Waals surface area contributed by atoms with Crippen molar-refractivity contribution >= 4 is 28.6 Å². The lowest BCUT2D eigenvalue weighted by molar-refractivity contribution is 0.959. The van der Waals surface area contributed by atoms with Gasteiger partial charge in [-0.3, -0.25) is 4.57 Å². The van der Waals surface area contributed by atoms with Crippen molar-refractivity contribution < 1.29 is 0 Å². The first-order valence-corrected chi connectivity index (χ1v) is 7.45. The van der Waals surface area contributed by atoms with Crippen LogP contribution in [0.4, 0.5) is 5.95 Å². The Morgan fingerprint density at radius 1 is 0.875 bits per heavy atom. The maximum atomic E-state index is 5.78. The number of hydrogen-bond acceptors (Lipinski definition) is 6. The van der Waals surface area contributed by atoms with Crippen LogP contribution in [-0.4, -0.2) is 19.5 Å². The standard InChI is InChI=1S/C17H15N7/c18-17-21-11-13-16(23-17)24(14-8-4-2-6-10-20-14)15(22-13)12-7-3-1-5-9-19-12/h1-11,19-20H,(H2,18,21,23). The van der Waals surface area contributed by atoms with E-state index in [0.29, 0.717) is 17.0 Å². The van der Waals surface area contributed by atoms with Crippen molar-refractivity contribution in [2.45, 2.75) is 0 Å². The number of nitrogens with two attached hydrogens (primary N) is 1. The van der Waals surface area contributed by atoms with Crippen LogP contribution in [-0.2, 0) is 0 Å². The van der Waals surface area contributed by atoms with Gasteiger partial charge in [0, 0.05) is 12.4 Å². The van der Waals surface area contributed by atoms with Gasteiger partial charge in [-0.1, -0.05) is 24.3 Å². The van der Waals surface area contributed by atoms with Crippen LogP contribution >= 0.6 is 0 Å². The molecule has 0 radical (unpaired) electrons. The van der Waals surface area contributed by atoms with Crippen molar-refractivity contribution in [2.75, 3.05) is 5.73 Å². The summed E-state index contributed by atoms with van der Waals surface area (Å²) in [6.07, 6.45) is 20.9. The minimum atomic E-state index is 0.207. The number of allylic oxidation sites excluding steroid dienone is 8. The van der Waals surface area contributed by atoms with Gasteiger partial charge < -0.3 is 16.4 Å². The molecule has 24 heavy (non-hydrogen) atoms. The summed E-state index contributed by atoms with van der Waals surface area (Å²) >= 11 is 0. The average molecular weight is 317 g/mol. The van der Waals surface area contributed by atoms with E-state index in [1.165, 1.54) is 0 Å². The summed E-state index contributed by atoms with van der Waals surface area (Å²) in [5.41, 5.74) is 7.93. The highest BCUT2D eigenvalue weighted by Crippen LogP contribution is 2.23. The molecule has 7 nitrogen and oxygen atoms in total. The molecule has 0 saturated carbocycles. The van der Waals surface area contributed by atoms with E-state index >= 15 is 0 Å². The van der Waals surface area contributed by atoms with E-state index in [0.717, 1.165) is 11.5 Å². The maximum absolute atomic E-state index is 5.78. The molecule has 4 rings (SSSR count). The van der Waals surface area contributed by atoms with E-state index in [1.54, 1.807) is 6.20 Å². The predicted molar refractivity (Wildman–Crippen MR) is 94.8 cm³/mol. The molecule has 4 heterocycles. The van der Waals surface area contributed by atoms with Gasteiger partial charge in [0.15, 0.2) is 11.5 Å². The Hall–Kier alpha value is -3.61. The normalized spacial score (nSPS) is 16.2. The molecule has 7 heteroatoms. The summed E-state index contributed by atoms with van der Waals surface area (Å²) in [5.74, 6) is 1.73. The highest BCUT2D eigenvalue weighted by Gasteiger charge is 2.19. The number of fused-ring (bicyclic) bond motifs is 1. The van der Waals surface area contributed by atoms with E-state index in [4.69, 9.17) is 5.73 Å². The first-order valence-electron chi connectivity index (χ1n) is 7.45. The molecule has 2 aliphatic rings. The van der Waals surface area contributed by atoms with Gasteiger partial charge in [-0.05, 0) is 24.3 Å². The molecule has 0 fully saturated rings.